The van der Waals surface area contributed by atoms with E-state index in [4.69, 9.17) is 0 Å². The maximum absolute atomic E-state index is 10.8. The largest absolute Gasteiger partial charge is 0.393 e. The summed E-state index contributed by atoms with van der Waals surface area (Å²) in [4.78, 5) is 20.6. The van der Waals surface area contributed by atoms with E-state index in [2.05, 4.69) is 4.74 Å². The Labute approximate surface area is 74.8 Å². The maximum atomic E-state index is 10.8. The van der Waals surface area contributed by atoms with Gasteiger partial charge in [0.25, 0.3) is 0 Å². The van der Waals surface area contributed by atoms with E-state index in [9.17, 15) is 14.7 Å². The van der Waals surface area contributed by atoms with Gasteiger partial charge in [0.05, 0.1) is 0 Å². The summed E-state index contributed by atoms with van der Waals surface area (Å²) < 4.78 is 3.99. The lowest BCUT2D eigenvalue weighted by molar-refractivity contribution is -0.159. The van der Waals surface area contributed by atoms with Gasteiger partial charge in [0.1, 0.15) is 0 Å². The fourth-order valence-corrected chi connectivity index (χ4v) is 0.883. The molecule has 0 spiro atoms. The molecular weight excluding hydrogens is 172 g/mol. The Kier molecular flexibility index (Phi) is 3.16. The Balaban J connectivity index is 2.73. The normalized spacial score (nSPS) is 11.8. The third-order valence-electron chi connectivity index (χ3n) is 1.50. The van der Waals surface area contributed by atoms with Crippen molar-refractivity contribution in [1.29, 1.82) is 0 Å². The van der Waals surface area contributed by atoms with Crippen LogP contribution in [0.2, 0.25) is 0 Å². The highest BCUT2D eigenvalue weighted by Gasteiger charge is 2.17. The van der Waals surface area contributed by atoms with Gasteiger partial charge in [-0.15, -0.1) is 0 Å². The van der Waals surface area contributed by atoms with Crippen LogP contribution < -0.4 is 0 Å². The summed E-state index contributed by atoms with van der Waals surface area (Å²) in [6.45, 7) is -0.00546. The number of ether oxygens (including phenoxy) is 1. The Morgan fingerprint density at radius 1 is 1.38 bits per heavy atom. The predicted octanol–water partition coefficient (Wildman–Crippen LogP) is 0.420. The van der Waals surface area contributed by atoms with E-state index in [0.717, 1.165) is 0 Å². The van der Waals surface area contributed by atoms with Crippen LogP contribution in [-0.4, -0.2) is 17.5 Å². The lowest BCUT2D eigenvalue weighted by Gasteiger charge is -2.06. The van der Waals surface area contributed by atoms with Crippen molar-refractivity contribution >= 4 is 12.4 Å². The van der Waals surface area contributed by atoms with E-state index in [0.29, 0.717) is 5.56 Å². The van der Waals surface area contributed by atoms with Crippen molar-refractivity contribution in [3.8, 4) is 0 Å². The Morgan fingerprint density at radius 2 is 2.00 bits per heavy atom. The van der Waals surface area contributed by atoms with Crippen LogP contribution in [0.25, 0.3) is 0 Å². The number of aliphatic hydroxyl groups excluding tert-OH is 1. The molecule has 0 aliphatic heterocycles. The highest BCUT2D eigenvalue weighted by Crippen LogP contribution is 2.12. The van der Waals surface area contributed by atoms with Crippen molar-refractivity contribution in [3.63, 3.8) is 0 Å². The molecule has 0 fully saturated rings. The molecule has 13 heavy (non-hydrogen) atoms. The van der Waals surface area contributed by atoms with Crippen LogP contribution in [0.5, 0.6) is 0 Å². The smallest absolute Gasteiger partial charge is 0.347 e. The molecular formula is C9H8O4. The molecule has 0 radical (unpaired) electrons. The minimum absolute atomic E-state index is 0.00546. The van der Waals surface area contributed by atoms with Gasteiger partial charge < -0.3 is 9.84 Å². The number of aliphatic hydroxyl groups is 1. The molecule has 0 aliphatic rings. The highest BCUT2D eigenvalue weighted by atomic mass is 16.6. The summed E-state index contributed by atoms with van der Waals surface area (Å²) in [5, 5.41) is 9.29. The molecule has 68 valence electrons. The van der Waals surface area contributed by atoms with E-state index < -0.39 is 12.1 Å². The van der Waals surface area contributed by atoms with Crippen molar-refractivity contribution in [2.24, 2.45) is 0 Å². The minimum Gasteiger partial charge on any atom is -0.393 e. The third kappa shape index (κ3) is 2.38. The standard InChI is InChI=1S/C9H8O4/c10-6-13-9(12)8(11)7-4-2-1-3-5-7/h1-6,8,11H/t8-/m0/s1. The number of carbonyl (C=O) groups is 2. The van der Waals surface area contributed by atoms with Gasteiger partial charge in [-0.2, -0.15) is 0 Å². The van der Waals surface area contributed by atoms with Crippen molar-refractivity contribution in [3.05, 3.63) is 35.9 Å². The van der Waals surface area contributed by atoms with Crippen molar-refractivity contribution in [1.82, 2.24) is 0 Å². The fraction of sp³-hybridized carbons (Fsp3) is 0.111. The van der Waals surface area contributed by atoms with Gasteiger partial charge >= 0.3 is 12.4 Å². The van der Waals surface area contributed by atoms with Crippen molar-refractivity contribution in [2.45, 2.75) is 6.10 Å². The molecule has 0 amide bonds. The van der Waals surface area contributed by atoms with E-state index in [1.54, 1.807) is 30.3 Å². The van der Waals surface area contributed by atoms with E-state index in [-0.39, 0.29) is 6.47 Å². The summed E-state index contributed by atoms with van der Waals surface area (Å²) in [5.74, 6) is -0.971. The molecule has 1 aromatic carbocycles. The van der Waals surface area contributed by atoms with Crippen molar-refractivity contribution in [2.75, 3.05) is 0 Å². The lowest BCUT2D eigenvalue weighted by atomic mass is 10.1. The monoisotopic (exact) mass is 180 g/mol. The van der Waals surface area contributed by atoms with E-state index in [1.807, 2.05) is 0 Å². The number of hydrogen-bond donors (Lipinski definition) is 1. The first-order chi connectivity index (χ1) is 6.25. The molecule has 0 saturated carbocycles. The second-order valence-corrected chi connectivity index (χ2v) is 2.35. The van der Waals surface area contributed by atoms with Gasteiger partial charge in [-0.25, -0.2) is 4.79 Å². The van der Waals surface area contributed by atoms with Crippen LogP contribution >= 0.6 is 0 Å². The number of rotatable bonds is 3. The van der Waals surface area contributed by atoms with Gasteiger partial charge in [-0.3, -0.25) is 4.79 Å². The number of benzene rings is 1. The zero-order chi connectivity index (χ0) is 9.68. The van der Waals surface area contributed by atoms with E-state index >= 15 is 0 Å². The highest BCUT2D eigenvalue weighted by molar-refractivity contribution is 5.81. The predicted molar refractivity (Wildman–Crippen MR) is 43.6 cm³/mol. The number of carbonyl (C=O) groups excluding carboxylic acids is 2. The molecule has 0 saturated heterocycles. The molecule has 4 heteroatoms. The maximum Gasteiger partial charge on any atom is 0.347 e. The Hall–Kier alpha value is -1.68. The van der Waals surface area contributed by atoms with Crippen LogP contribution in [0.15, 0.2) is 30.3 Å². The SMILES string of the molecule is O=COC(=O)[C@@H](O)c1ccccc1. The summed E-state index contributed by atoms with van der Waals surface area (Å²) >= 11 is 0. The summed E-state index contributed by atoms with van der Waals surface area (Å²) in [7, 11) is 0. The molecule has 0 heterocycles. The second kappa shape index (κ2) is 4.37. The average Bonchev–Trinajstić information content (AvgIpc) is 2.18. The first-order valence-electron chi connectivity index (χ1n) is 3.63. The molecule has 4 nitrogen and oxygen atoms in total. The molecule has 0 unspecified atom stereocenters. The number of hydrogen-bond acceptors (Lipinski definition) is 4. The van der Waals surface area contributed by atoms with Gasteiger partial charge in [0.2, 0.25) is 0 Å². The first-order valence-corrected chi connectivity index (χ1v) is 3.63. The van der Waals surface area contributed by atoms with Gasteiger partial charge in [-0.05, 0) is 5.56 Å². The molecule has 0 aliphatic carbocycles. The fourth-order valence-electron chi connectivity index (χ4n) is 0.883. The van der Waals surface area contributed by atoms with Crippen LogP contribution in [0.4, 0.5) is 0 Å². The van der Waals surface area contributed by atoms with Crippen LogP contribution in [0.1, 0.15) is 11.7 Å². The lowest BCUT2D eigenvalue weighted by Crippen LogP contribution is -2.14. The molecule has 0 aromatic heterocycles. The minimum atomic E-state index is -1.40. The zero-order valence-electron chi connectivity index (χ0n) is 6.71. The van der Waals surface area contributed by atoms with Gasteiger partial charge in [-0.1, -0.05) is 30.3 Å². The molecule has 1 N–H and O–H groups in total. The Morgan fingerprint density at radius 3 is 2.54 bits per heavy atom. The zero-order valence-corrected chi connectivity index (χ0v) is 6.71. The van der Waals surface area contributed by atoms with Gasteiger partial charge in [0.15, 0.2) is 6.10 Å². The molecule has 1 rings (SSSR count). The van der Waals surface area contributed by atoms with Crippen LogP contribution in [-0.2, 0) is 14.3 Å². The van der Waals surface area contributed by atoms with E-state index in [1.165, 1.54) is 0 Å². The first kappa shape index (κ1) is 9.41. The average molecular weight is 180 g/mol. The summed E-state index contributed by atoms with van der Waals surface area (Å²) in [6.07, 6.45) is -1.40. The Bertz CT molecular complexity index is 294. The molecule has 1 atom stereocenters. The summed E-state index contributed by atoms with van der Waals surface area (Å²) in [5.41, 5.74) is 0.398. The topological polar surface area (TPSA) is 63.6 Å². The second-order valence-electron chi connectivity index (χ2n) is 2.35. The van der Waals surface area contributed by atoms with Gasteiger partial charge in [0, 0.05) is 0 Å². The van der Waals surface area contributed by atoms with Crippen LogP contribution in [0, 0.1) is 0 Å². The molecule has 1 aromatic rings. The number of esters is 1. The summed E-state index contributed by atoms with van der Waals surface area (Å²) in [6, 6.07) is 8.23. The third-order valence-corrected chi connectivity index (χ3v) is 1.50. The van der Waals surface area contributed by atoms with Crippen LogP contribution in [0.3, 0.4) is 0 Å². The van der Waals surface area contributed by atoms with Crippen molar-refractivity contribution < 1.29 is 19.4 Å². The quantitative estimate of drug-likeness (QED) is 0.416. The molecule has 0 bridgehead atoms.